The van der Waals surface area contributed by atoms with Crippen molar-refractivity contribution in [1.82, 2.24) is 0 Å². The number of hydrogen-bond acceptors (Lipinski definition) is 4. The Morgan fingerprint density at radius 3 is 2.26 bits per heavy atom. The van der Waals surface area contributed by atoms with E-state index in [2.05, 4.69) is 77.7 Å². The van der Waals surface area contributed by atoms with Gasteiger partial charge in [-0.25, -0.2) is 0 Å². The largest absolute Gasteiger partial charge is 0.488 e. The van der Waals surface area contributed by atoms with Crippen molar-refractivity contribution >= 4 is 40.4 Å². The van der Waals surface area contributed by atoms with Gasteiger partial charge in [-0.15, -0.1) is 0 Å². The molecule has 1 aliphatic rings. The molecule has 5 aromatic rings. The summed E-state index contributed by atoms with van der Waals surface area (Å²) in [5.74, 6) is 0. The van der Waals surface area contributed by atoms with E-state index in [0.29, 0.717) is 11.9 Å². The van der Waals surface area contributed by atoms with Crippen LogP contribution in [0.4, 0.5) is 11.4 Å². The molecule has 0 saturated carbocycles. The highest BCUT2D eigenvalue weighted by atomic mass is 16.4. The van der Waals surface area contributed by atoms with Crippen LogP contribution in [0.5, 0.6) is 0 Å². The molecule has 0 aliphatic heterocycles. The van der Waals surface area contributed by atoms with Crippen LogP contribution >= 0.6 is 0 Å². The summed E-state index contributed by atoms with van der Waals surface area (Å²) < 4.78 is 6.42. The van der Waals surface area contributed by atoms with E-state index in [9.17, 15) is 10.0 Å². The number of benzene rings is 4. The number of fused-ring (bicyclic) bond motifs is 3. The van der Waals surface area contributed by atoms with Gasteiger partial charge in [0.05, 0.1) is 11.7 Å². The maximum atomic E-state index is 9.66. The van der Waals surface area contributed by atoms with E-state index >= 15 is 0 Å². The first-order chi connectivity index (χ1) is 17.2. The van der Waals surface area contributed by atoms with E-state index < -0.39 is 7.12 Å². The average Bonchev–Trinajstić information content (AvgIpc) is 3.30. The Bertz CT molecular complexity index is 1570. The average molecular weight is 457 g/mol. The second-order valence-corrected chi connectivity index (χ2v) is 8.75. The van der Waals surface area contributed by atoms with Gasteiger partial charge in [-0.1, -0.05) is 97.1 Å². The predicted molar refractivity (Wildman–Crippen MR) is 144 cm³/mol. The number of furan rings is 1. The zero-order chi connectivity index (χ0) is 23.8. The lowest BCUT2D eigenvalue weighted by Gasteiger charge is -2.34. The molecule has 170 valence electrons. The standard InChI is InChI=1S/C30H24BNO3/c33-31(34)22-17-19-23(20-18-22)32(27-14-6-4-11-24(27)21-9-2-1-3-10-21)28-15-8-13-26-25-12-5-7-16-29(25)35-30(26)28/h1-19,23,33-34H,20H2. The van der Waals surface area contributed by atoms with Crippen LogP contribution < -0.4 is 4.90 Å². The Labute approximate surface area is 204 Å². The third kappa shape index (κ3) is 3.85. The van der Waals surface area contributed by atoms with E-state index in [-0.39, 0.29) is 6.04 Å². The molecule has 1 aromatic heterocycles. The summed E-state index contributed by atoms with van der Waals surface area (Å²) in [5.41, 5.74) is 6.48. The van der Waals surface area contributed by atoms with E-state index in [1.807, 2.05) is 36.4 Å². The highest BCUT2D eigenvalue weighted by Gasteiger charge is 2.27. The number of hydrogen-bond donors (Lipinski definition) is 2. The number of para-hydroxylation sites is 3. The molecule has 6 rings (SSSR count). The molecule has 0 saturated heterocycles. The molecule has 1 unspecified atom stereocenters. The summed E-state index contributed by atoms with van der Waals surface area (Å²) in [5, 5.41) is 21.5. The summed E-state index contributed by atoms with van der Waals surface area (Å²) in [4.78, 5) is 2.31. The smallest absolute Gasteiger partial charge is 0.454 e. The van der Waals surface area contributed by atoms with Crippen molar-refractivity contribution in [2.24, 2.45) is 0 Å². The van der Waals surface area contributed by atoms with Gasteiger partial charge < -0.3 is 19.4 Å². The normalized spacial score (nSPS) is 15.4. The number of nitrogens with zero attached hydrogens (tertiary/aromatic N) is 1. The van der Waals surface area contributed by atoms with Crippen LogP contribution in [-0.4, -0.2) is 23.2 Å². The topological polar surface area (TPSA) is 56.8 Å². The Morgan fingerprint density at radius 2 is 1.46 bits per heavy atom. The molecule has 2 N–H and O–H groups in total. The molecule has 1 atom stereocenters. The molecule has 0 fully saturated rings. The van der Waals surface area contributed by atoms with Crippen molar-refractivity contribution in [2.75, 3.05) is 4.90 Å². The summed E-state index contributed by atoms with van der Waals surface area (Å²) >= 11 is 0. The minimum atomic E-state index is -1.48. The van der Waals surface area contributed by atoms with Gasteiger partial charge in [0.25, 0.3) is 0 Å². The van der Waals surface area contributed by atoms with E-state index in [1.165, 1.54) is 0 Å². The molecule has 35 heavy (non-hydrogen) atoms. The van der Waals surface area contributed by atoms with E-state index in [0.717, 1.165) is 44.4 Å². The van der Waals surface area contributed by atoms with Gasteiger partial charge in [-0.3, -0.25) is 0 Å². The third-order valence-corrected chi connectivity index (χ3v) is 6.63. The molecule has 1 aliphatic carbocycles. The van der Waals surface area contributed by atoms with Crippen LogP contribution in [0.3, 0.4) is 0 Å². The van der Waals surface area contributed by atoms with Gasteiger partial charge in [0, 0.05) is 22.0 Å². The van der Waals surface area contributed by atoms with Crippen molar-refractivity contribution in [3.63, 3.8) is 0 Å². The zero-order valence-corrected chi connectivity index (χ0v) is 19.1. The molecular weight excluding hydrogens is 433 g/mol. The van der Waals surface area contributed by atoms with E-state index in [4.69, 9.17) is 4.42 Å². The number of allylic oxidation sites excluding steroid dienone is 2. The lowest BCUT2D eigenvalue weighted by atomic mass is 9.76. The third-order valence-electron chi connectivity index (χ3n) is 6.63. The first-order valence-electron chi connectivity index (χ1n) is 11.8. The lowest BCUT2D eigenvalue weighted by molar-refractivity contribution is 0.420. The van der Waals surface area contributed by atoms with Crippen molar-refractivity contribution < 1.29 is 14.5 Å². The molecule has 4 nitrogen and oxygen atoms in total. The van der Waals surface area contributed by atoms with Crippen molar-refractivity contribution in [2.45, 2.75) is 12.5 Å². The highest BCUT2D eigenvalue weighted by Crippen LogP contribution is 2.43. The fourth-order valence-corrected chi connectivity index (χ4v) is 4.96. The molecule has 5 heteroatoms. The van der Waals surface area contributed by atoms with E-state index in [1.54, 1.807) is 6.08 Å². The Kier molecular flexibility index (Phi) is 5.49. The number of anilines is 2. The molecule has 0 spiro atoms. The molecule has 0 bridgehead atoms. The maximum Gasteiger partial charge on any atom is 0.488 e. The van der Waals surface area contributed by atoms with Crippen molar-refractivity contribution in [1.29, 1.82) is 0 Å². The Hall–Kier alpha value is -4.06. The molecule has 4 aromatic carbocycles. The maximum absolute atomic E-state index is 9.66. The predicted octanol–water partition coefficient (Wildman–Crippen LogP) is 6.66. The Balaban J connectivity index is 1.58. The summed E-state index contributed by atoms with van der Waals surface area (Å²) in [6.07, 6.45) is 6.36. The van der Waals surface area contributed by atoms with Crippen LogP contribution in [0.2, 0.25) is 0 Å². The second-order valence-electron chi connectivity index (χ2n) is 8.75. The first kappa shape index (κ1) is 21.5. The Morgan fingerprint density at radius 1 is 0.743 bits per heavy atom. The fourth-order valence-electron chi connectivity index (χ4n) is 4.96. The van der Waals surface area contributed by atoms with Crippen LogP contribution in [-0.2, 0) is 0 Å². The first-order valence-corrected chi connectivity index (χ1v) is 11.8. The second kappa shape index (κ2) is 8.95. The van der Waals surface area contributed by atoms with Crippen LogP contribution in [0.15, 0.2) is 125 Å². The SMILES string of the molecule is OB(O)C1=CCC(N(c2ccccc2-c2ccccc2)c2cccc3c2oc2ccccc23)C=C1. The van der Waals surface area contributed by atoms with Crippen LogP contribution in [0.1, 0.15) is 6.42 Å². The van der Waals surface area contributed by atoms with Crippen molar-refractivity contribution in [3.05, 3.63) is 121 Å². The summed E-state index contributed by atoms with van der Waals surface area (Å²) in [6, 6.07) is 33.1. The monoisotopic (exact) mass is 457 g/mol. The molecule has 0 radical (unpaired) electrons. The van der Waals surface area contributed by atoms with Gasteiger partial charge in [0.2, 0.25) is 0 Å². The van der Waals surface area contributed by atoms with Crippen LogP contribution in [0, 0.1) is 0 Å². The van der Waals surface area contributed by atoms with Gasteiger partial charge in [0.15, 0.2) is 5.58 Å². The minimum Gasteiger partial charge on any atom is -0.454 e. The lowest BCUT2D eigenvalue weighted by Crippen LogP contribution is -2.31. The van der Waals surface area contributed by atoms with Gasteiger partial charge in [-0.2, -0.15) is 0 Å². The number of rotatable bonds is 5. The van der Waals surface area contributed by atoms with Gasteiger partial charge in [0.1, 0.15) is 5.58 Å². The quantitative estimate of drug-likeness (QED) is 0.290. The zero-order valence-electron chi connectivity index (χ0n) is 19.1. The van der Waals surface area contributed by atoms with Gasteiger partial charge in [-0.05, 0) is 35.7 Å². The van der Waals surface area contributed by atoms with Gasteiger partial charge >= 0.3 is 7.12 Å². The highest BCUT2D eigenvalue weighted by molar-refractivity contribution is 6.51. The van der Waals surface area contributed by atoms with Crippen LogP contribution in [0.25, 0.3) is 33.1 Å². The molecular formula is C30H24BNO3. The molecule has 0 amide bonds. The minimum absolute atomic E-state index is 0.0406. The summed E-state index contributed by atoms with van der Waals surface area (Å²) in [6.45, 7) is 0. The van der Waals surface area contributed by atoms with Crippen molar-refractivity contribution in [3.8, 4) is 11.1 Å². The molecule has 1 heterocycles. The summed E-state index contributed by atoms with van der Waals surface area (Å²) in [7, 11) is -1.48. The fraction of sp³-hybridized carbons (Fsp3) is 0.0667.